The molecule has 1 aliphatic heterocycles. The number of hydrogen-bond donors (Lipinski definition) is 3. The molecule has 4 bridgehead atoms. The van der Waals surface area contributed by atoms with Gasteiger partial charge in [0.05, 0.1) is 6.04 Å². The predicted molar refractivity (Wildman–Crippen MR) is 186 cm³/mol. The van der Waals surface area contributed by atoms with Crippen LogP contribution in [0.15, 0.2) is 84.9 Å². The van der Waals surface area contributed by atoms with Crippen LogP contribution in [0.25, 0.3) is 22.3 Å². The zero-order chi connectivity index (χ0) is 34.5. The molecule has 1 heterocycles. The number of aryl methyl sites for hydroxylation is 1. The van der Waals surface area contributed by atoms with Crippen molar-refractivity contribution in [2.45, 2.75) is 65.0 Å². The molecule has 3 N–H and O–H groups in total. The molecule has 0 radical (unpaired) electrons. The van der Waals surface area contributed by atoms with Crippen molar-refractivity contribution in [3.8, 4) is 33.8 Å². The number of unbranched alkanes of at least 4 members (excludes halogenated alkanes) is 1. The van der Waals surface area contributed by atoms with Gasteiger partial charge >= 0.3 is 0 Å². The number of benzene rings is 4. The Morgan fingerprint density at radius 2 is 1.44 bits per heavy atom. The molecule has 8 heteroatoms. The van der Waals surface area contributed by atoms with Gasteiger partial charge in [-0.15, -0.1) is 0 Å². The summed E-state index contributed by atoms with van der Waals surface area (Å²) in [5, 5.41) is 24.5. The molecule has 0 fully saturated rings. The molecule has 48 heavy (non-hydrogen) atoms. The summed E-state index contributed by atoms with van der Waals surface area (Å²) in [5.41, 5.74) is 5.30. The number of aromatic hydroxyl groups is 2. The van der Waals surface area contributed by atoms with E-state index >= 15 is 0 Å². The Labute approximate surface area is 281 Å². The van der Waals surface area contributed by atoms with Crippen molar-refractivity contribution in [2.75, 3.05) is 7.05 Å². The zero-order valence-electron chi connectivity index (χ0n) is 27.8. The highest BCUT2D eigenvalue weighted by molar-refractivity contribution is 6.00. The van der Waals surface area contributed by atoms with Gasteiger partial charge in [0.2, 0.25) is 5.91 Å². The number of ketones is 2. The summed E-state index contributed by atoms with van der Waals surface area (Å²) < 4.78 is 0. The van der Waals surface area contributed by atoms with E-state index in [4.69, 9.17) is 0 Å². The quantitative estimate of drug-likeness (QED) is 0.203. The van der Waals surface area contributed by atoms with Crippen LogP contribution in [0.5, 0.6) is 11.5 Å². The number of phenolic OH excluding ortho intramolecular Hbond substituents is 2. The maximum Gasteiger partial charge on any atom is 0.254 e. The highest BCUT2D eigenvalue weighted by Crippen LogP contribution is 2.39. The maximum atomic E-state index is 14.0. The SMILES string of the molecule is CCCCc1ccc(-c2ccc(C(=O)N(C)[C@@H]3C(=O)C[C@@H](C)C(=O)N[C@H](C(C)=O)Cc4ccc(O)c(c4)-c4cc3ccc4O)cc2)cc1. The topological polar surface area (TPSA) is 124 Å². The second kappa shape index (κ2) is 14.7. The molecule has 0 saturated heterocycles. The fourth-order valence-electron chi connectivity index (χ4n) is 6.21. The molecule has 0 aromatic heterocycles. The van der Waals surface area contributed by atoms with E-state index in [0.29, 0.717) is 22.3 Å². The van der Waals surface area contributed by atoms with Gasteiger partial charge < -0.3 is 20.4 Å². The highest BCUT2D eigenvalue weighted by atomic mass is 16.3. The molecule has 3 atom stereocenters. The van der Waals surface area contributed by atoms with Crippen LogP contribution in [0, 0.1) is 5.92 Å². The number of carbonyl (C=O) groups excluding carboxylic acids is 4. The molecule has 2 amide bonds. The van der Waals surface area contributed by atoms with Gasteiger partial charge in [0.25, 0.3) is 5.91 Å². The summed E-state index contributed by atoms with van der Waals surface area (Å²) >= 11 is 0. The van der Waals surface area contributed by atoms with E-state index in [0.717, 1.165) is 30.4 Å². The molecule has 8 nitrogen and oxygen atoms in total. The van der Waals surface area contributed by atoms with Crippen LogP contribution >= 0.6 is 0 Å². The van der Waals surface area contributed by atoms with Gasteiger partial charge in [-0.25, -0.2) is 0 Å². The summed E-state index contributed by atoms with van der Waals surface area (Å²) in [7, 11) is 1.54. The Hall–Kier alpha value is -5.24. The average Bonchev–Trinajstić information content (AvgIpc) is 3.08. The summed E-state index contributed by atoms with van der Waals surface area (Å²) in [6, 6.07) is 23.0. The maximum absolute atomic E-state index is 14.0. The lowest BCUT2D eigenvalue weighted by Crippen LogP contribution is -2.44. The van der Waals surface area contributed by atoms with Gasteiger partial charge in [-0.1, -0.05) is 68.8 Å². The lowest BCUT2D eigenvalue weighted by molar-refractivity contribution is -0.132. The van der Waals surface area contributed by atoms with E-state index in [9.17, 15) is 29.4 Å². The Morgan fingerprint density at radius 3 is 2.06 bits per heavy atom. The molecule has 1 aliphatic rings. The minimum Gasteiger partial charge on any atom is -0.507 e. The first-order chi connectivity index (χ1) is 23.0. The smallest absolute Gasteiger partial charge is 0.254 e. The van der Waals surface area contributed by atoms with E-state index in [2.05, 4.69) is 36.5 Å². The monoisotopic (exact) mass is 646 g/mol. The first-order valence-electron chi connectivity index (χ1n) is 16.4. The van der Waals surface area contributed by atoms with Crippen LogP contribution in [0.1, 0.15) is 73.1 Å². The van der Waals surface area contributed by atoms with Gasteiger partial charge in [-0.05, 0) is 90.4 Å². The van der Waals surface area contributed by atoms with Gasteiger partial charge in [0, 0.05) is 36.1 Å². The first-order valence-corrected chi connectivity index (χ1v) is 16.4. The molecular weight excluding hydrogens is 604 g/mol. The summed E-state index contributed by atoms with van der Waals surface area (Å²) in [6.45, 7) is 5.17. The number of likely N-dealkylation sites (N-methyl/N-ethyl adjacent to an activating group) is 1. The Bertz CT molecular complexity index is 1830. The second-order valence-corrected chi connectivity index (χ2v) is 12.8. The van der Waals surface area contributed by atoms with Gasteiger partial charge in [-0.2, -0.15) is 0 Å². The molecule has 248 valence electrons. The third-order valence-corrected chi connectivity index (χ3v) is 9.14. The lowest BCUT2D eigenvalue weighted by Gasteiger charge is -2.29. The second-order valence-electron chi connectivity index (χ2n) is 12.8. The fraction of sp³-hybridized carbons (Fsp3) is 0.300. The van der Waals surface area contributed by atoms with Crippen molar-refractivity contribution in [3.05, 3.63) is 107 Å². The highest BCUT2D eigenvalue weighted by Gasteiger charge is 2.33. The number of nitrogens with zero attached hydrogens (tertiary/aromatic N) is 1. The molecule has 0 spiro atoms. The normalized spacial score (nSPS) is 18.0. The molecule has 0 aliphatic carbocycles. The Kier molecular flexibility index (Phi) is 10.4. The molecule has 4 aromatic carbocycles. The van der Waals surface area contributed by atoms with Gasteiger partial charge in [0.1, 0.15) is 17.5 Å². The van der Waals surface area contributed by atoms with Crippen LogP contribution in [0.3, 0.4) is 0 Å². The number of carbonyl (C=O) groups is 4. The van der Waals surface area contributed by atoms with E-state index in [1.165, 1.54) is 36.6 Å². The largest absolute Gasteiger partial charge is 0.507 e. The summed E-state index contributed by atoms with van der Waals surface area (Å²) in [5.74, 6) is -2.52. The number of nitrogens with one attached hydrogen (secondary N) is 1. The Morgan fingerprint density at radius 1 is 0.833 bits per heavy atom. The number of rotatable bonds is 7. The third kappa shape index (κ3) is 7.49. The van der Waals surface area contributed by atoms with Crippen molar-refractivity contribution in [2.24, 2.45) is 5.92 Å². The van der Waals surface area contributed by atoms with Crippen molar-refractivity contribution in [3.63, 3.8) is 0 Å². The Balaban J connectivity index is 1.51. The van der Waals surface area contributed by atoms with Crippen molar-refractivity contribution in [1.82, 2.24) is 10.2 Å². The number of amides is 2. The summed E-state index contributed by atoms with van der Waals surface area (Å²) in [4.78, 5) is 55.1. The molecule has 5 rings (SSSR count). The van der Waals surface area contributed by atoms with Crippen molar-refractivity contribution < 1.29 is 29.4 Å². The van der Waals surface area contributed by atoms with E-state index in [1.807, 2.05) is 12.1 Å². The predicted octanol–water partition coefficient (Wildman–Crippen LogP) is 6.81. The average molecular weight is 647 g/mol. The lowest BCUT2D eigenvalue weighted by atomic mass is 9.89. The molecular formula is C40H42N2O6. The van der Waals surface area contributed by atoms with E-state index in [-0.39, 0.29) is 41.5 Å². The van der Waals surface area contributed by atoms with Crippen LogP contribution in [0.4, 0.5) is 0 Å². The number of hydrogen-bond acceptors (Lipinski definition) is 6. The molecule has 0 unspecified atom stereocenters. The van der Waals surface area contributed by atoms with Crippen molar-refractivity contribution >= 4 is 23.4 Å². The van der Waals surface area contributed by atoms with Crippen LogP contribution in [-0.2, 0) is 27.2 Å². The third-order valence-electron chi connectivity index (χ3n) is 9.14. The standard InChI is InChI=1S/C40H42N2O6/c1-5-6-7-26-8-11-28(12-9-26)29-13-15-30(16-14-29)40(48)42(4)38-31-17-19-36(45)33(23-31)32-21-27(10-18-35(32)44)22-34(25(3)43)41-39(47)24(2)20-37(38)46/h8-19,21,23-24,34,38,44-45H,5-7,20,22H2,1-4H3,(H,41,47)/t24-,34+,38+/m1/s1. The first kappa shape index (κ1) is 34.1. The van der Waals surface area contributed by atoms with Crippen molar-refractivity contribution in [1.29, 1.82) is 0 Å². The summed E-state index contributed by atoms with van der Waals surface area (Å²) in [6.07, 6.45) is 3.28. The number of fused-ring (bicyclic) bond motifs is 5. The van der Waals surface area contributed by atoms with Crippen LogP contribution in [-0.4, -0.2) is 51.6 Å². The minimum atomic E-state index is -1.11. The number of Topliss-reactive ketones (excluding diaryl/α,β-unsaturated/α-hetero) is 2. The van der Waals surface area contributed by atoms with Gasteiger partial charge in [-0.3, -0.25) is 19.2 Å². The van der Waals surface area contributed by atoms with E-state index < -0.39 is 29.8 Å². The number of phenols is 2. The van der Waals surface area contributed by atoms with Crippen LogP contribution < -0.4 is 5.32 Å². The zero-order valence-corrected chi connectivity index (χ0v) is 27.8. The minimum absolute atomic E-state index is 0.113. The molecule has 4 aromatic rings. The van der Waals surface area contributed by atoms with Gasteiger partial charge in [0.15, 0.2) is 11.6 Å². The van der Waals surface area contributed by atoms with Crippen LogP contribution in [0.2, 0.25) is 0 Å². The fourth-order valence-corrected chi connectivity index (χ4v) is 6.21. The van der Waals surface area contributed by atoms with E-state index in [1.54, 1.807) is 43.3 Å². The molecule has 0 saturated carbocycles.